The number of benzene rings is 2. The third-order valence-corrected chi connectivity index (χ3v) is 4.29. The summed E-state index contributed by atoms with van der Waals surface area (Å²) in [6.45, 7) is 1.72. The van der Waals surface area contributed by atoms with Gasteiger partial charge in [-0.15, -0.1) is 24.0 Å². The van der Waals surface area contributed by atoms with E-state index in [9.17, 15) is 9.50 Å². The van der Waals surface area contributed by atoms with Crippen LogP contribution in [-0.2, 0) is 13.1 Å². The van der Waals surface area contributed by atoms with E-state index in [-0.39, 0.29) is 42.3 Å². The van der Waals surface area contributed by atoms with Gasteiger partial charge in [0.25, 0.3) is 0 Å². The van der Waals surface area contributed by atoms with E-state index in [1.54, 1.807) is 13.1 Å². The summed E-state index contributed by atoms with van der Waals surface area (Å²) in [5.41, 5.74) is 2.74. The van der Waals surface area contributed by atoms with Crippen LogP contribution in [0.3, 0.4) is 0 Å². The molecule has 0 amide bonds. The molecule has 0 aliphatic heterocycles. The molecule has 0 spiro atoms. The highest BCUT2D eigenvalue weighted by molar-refractivity contribution is 14.0. The first kappa shape index (κ1) is 24.3. The van der Waals surface area contributed by atoms with Crippen molar-refractivity contribution < 1.29 is 9.50 Å². The summed E-state index contributed by atoms with van der Waals surface area (Å²) in [7, 11) is 5.54. The number of hydrogen-bond acceptors (Lipinski definition) is 3. The summed E-state index contributed by atoms with van der Waals surface area (Å²) in [5, 5.41) is 16.1. The predicted molar refractivity (Wildman–Crippen MR) is 124 cm³/mol. The molecule has 0 radical (unpaired) electrons. The normalized spacial score (nSPS) is 12.4. The summed E-state index contributed by atoms with van der Waals surface area (Å²) >= 11 is 0. The van der Waals surface area contributed by atoms with E-state index in [4.69, 9.17) is 0 Å². The van der Waals surface area contributed by atoms with Crippen LogP contribution in [0.1, 0.15) is 22.6 Å². The number of rotatable bonds is 8. The molecule has 0 aromatic heterocycles. The molecular weight excluding hydrogens is 470 g/mol. The van der Waals surface area contributed by atoms with Crippen LogP contribution in [-0.4, -0.2) is 50.3 Å². The maximum atomic E-state index is 13.9. The van der Waals surface area contributed by atoms with Crippen LogP contribution in [0.2, 0.25) is 0 Å². The lowest BCUT2D eigenvalue weighted by atomic mass is 10.0. The third-order valence-electron chi connectivity index (χ3n) is 4.29. The molecule has 0 heterocycles. The fraction of sp³-hybridized carbons (Fsp3) is 0.381. The molecule has 0 saturated carbocycles. The molecule has 3 N–H and O–H groups in total. The quantitative estimate of drug-likeness (QED) is 0.297. The average Bonchev–Trinajstić information content (AvgIpc) is 2.67. The van der Waals surface area contributed by atoms with Crippen LogP contribution in [0.25, 0.3) is 0 Å². The lowest BCUT2D eigenvalue weighted by Gasteiger charge is -2.18. The minimum atomic E-state index is -0.191. The van der Waals surface area contributed by atoms with Gasteiger partial charge >= 0.3 is 0 Å². The van der Waals surface area contributed by atoms with Crippen LogP contribution in [0.5, 0.6) is 0 Å². The Morgan fingerprint density at radius 2 is 1.86 bits per heavy atom. The van der Waals surface area contributed by atoms with Gasteiger partial charge in [-0.3, -0.25) is 4.99 Å². The van der Waals surface area contributed by atoms with Crippen molar-refractivity contribution >= 4 is 29.9 Å². The van der Waals surface area contributed by atoms with Crippen molar-refractivity contribution in [1.29, 1.82) is 0 Å². The van der Waals surface area contributed by atoms with Crippen molar-refractivity contribution in [1.82, 2.24) is 15.5 Å². The molecule has 2 aromatic carbocycles. The van der Waals surface area contributed by atoms with Gasteiger partial charge < -0.3 is 20.6 Å². The number of nitrogens with zero attached hydrogens (tertiary/aromatic N) is 2. The topological polar surface area (TPSA) is 59.9 Å². The SMILES string of the molecule is CN=C(NCc1ccc(F)c(CN(C)C)c1)NCC(CO)c1ccccc1.I. The molecule has 1 atom stereocenters. The second-order valence-electron chi connectivity index (χ2n) is 6.76. The highest BCUT2D eigenvalue weighted by atomic mass is 127. The molecular formula is C21H30FIN4O. The number of aliphatic hydroxyl groups is 1. The molecule has 2 aromatic rings. The smallest absolute Gasteiger partial charge is 0.191 e. The minimum absolute atomic E-state index is 0. The number of guanidine groups is 1. The molecule has 7 heteroatoms. The van der Waals surface area contributed by atoms with Crippen LogP contribution >= 0.6 is 24.0 Å². The minimum Gasteiger partial charge on any atom is -0.396 e. The van der Waals surface area contributed by atoms with Gasteiger partial charge in [-0.2, -0.15) is 0 Å². The number of aliphatic imine (C=N–C) groups is 1. The van der Waals surface area contributed by atoms with E-state index in [2.05, 4.69) is 15.6 Å². The Morgan fingerprint density at radius 3 is 2.46 bits per heavy atom. The van der Waals surface area contributed by atoms with Gasteiger partial charge in [-0.1, -0.05) is 36.4 Å². The van der Waals surface area contributed by atoms with E-state index >= 15 is 0 Å². The van der Waals surface area contributed by atoms with Gasteiger partial charge in [0, 0.05) is 38.2 Å². The maximum Gasteiger partial charge on any atom is 0.191 e. The first-order chi connectivity index (χ1) is 13.0. The highest BCUT2D eigenvalue weighted by Crippen LogP contribution is 2.14. The molecule has 5 nitrogen and oxygen atoms in total. The number of halogens is 2. The number of hydrogen-bond donors (Lipinski definition) is 3. The zero-order chi connectivity index (χ0) is 19.6. The standard InChI is InChI=1S/C21H29FN4O.HI/c1-23-21(25-13-19(15-27)17-7-5-4-6-8-17)24-12-16-9-10-20(22)18(11-16)14-26(2)3;/h4-11,19,27H,12-15H2,1-3H3,(H2,23,24,25);1H. The zero-order valence-electron chi connectivity index (χ0n) is 16.7. The van der Waals surface area contributed by atoms with E-state index in [0.717, 1.165) is 11.1 Å². The highest BCUT2D eigenvalue weighted by Gasteiger charge is 2.11. The van der Waals surface area contributed by atoms with Crippen LogP contribution < -0.4 is 10.6 Å². The number of aliphatic hydroxyl groups excluding tert-OH is 1. The van der Waals surface area contributed by atoms with E-state index < -0.39 is 0 Å². The molecule has 0 aliphatic carbocycles. The van der Waals surface area contributed by atoms with Crippen molar-refractivity contribution in [2.75, 3.05) is 34.3 Å². The first-order valence-electron chi connectivity index (χ1n) is 9.05. The van der Waals surface area contributed by atoms with E-state index in [1.807, 2.05) is 55.4 Å². The summed E-state index contributed by atoms with van der Waals surface area (Å²) in [6.07, 6.45) is 0. The van der Waals surface area contributed by atoms with Crippen molar-refractivity contribution in [3.63, 3.8) is 0 Å². The zero-order valence-corrected chi connectivity index (χ0v) is 19.0. The molecule has 28 heavy (non-hydrogen) atoms. The monoisotopic (exact) mass is 500 g/mol. The summed E-state index contributed by atoms with van der Waals surface area (Å²) in [5.74, 6) is 0.439. The molecule has 0 aliphatic rings. The summed E-state index contributed by atoms with van der Waals surface area (Å²) in [6, 6.07) is 15.0. The van der Waals surface area contributed by atoms with Gasteiger partial charge in [0.15, 0.2) is 5.96 Å². The Labute approximate surface area is 184 Å². The Kier molecular flexibility index (Phi) is 11.0. The molecule has 0 fully saturated rings. The second-order valence-corrected chi connectivity index (χ2v) is 6.76. The Bertz CT molecular complexity index is 740. The summed E-state index contributed by atoms with van der Waals surface area (Å²) < 4.78 is 13.9. The van der Waals surface area contributed by atoms with Crippen molar-refractivity contribution in [2.45, 2.75) is 19.0 Å². The van der Waals surface area contributed by atoms with Crippen LogP contribution in [0.4, 0.5) is 4.39 Å². The molecule has 0 saturated heterocycles. The molecule has 0 bridgehead atoms. The van der Waals surface area contributed by atoms with Crippen molar-refractivity contribution in [3.05, 3.63) is 71.0 Å². The van der Waals surface area contributed by atoms with Crippen molar-refractivity contribution in [2.24, 2.45) is 4.99 Å². The van der Waals surface area contributed by atoms with E-state index in [1.165, 1.54) is 6.07 Å². The molecule has 1 unspecified atom stereocenters. The average molecular weight is 500 g/mol. The van der Waals surface area contributed by atoms with Gasteiger partial charge in [0.2, 0.25) is 0 Å². The van der Waals surface area contributed by atoms with Crippen molar-refractivity contribution in [3.8, 4) is 0 Å². The van der Waals surface area contributed by atoms with Gasteiger partial charge in [-0.05, 0) is 37.4 Å². The largest absolute Gasteiger partial charge is 0.396 e. The van der Waals surface area contributed by atoms with Gasteiger partial charge in [0.05, 0.1) is 6.61 Å². The number of nitrogens with one attached hydrogen (secondary N) is 2. The van der Waals surface area contributed by atoms with Crippen LogP contribution in [0.15, 0.2) is 53.5 Å². The van der Waals surface area contributed by atoms with Gasteiger partial charge in [-0.25, -0.2) is 4.39 Å². The lowest BCUT2D eigenvalue weighted by molar-refractivity contribution is 0.265. The Morgan fingerprint density at radius 1 is 1.14 bits per heavy atom. The lowest BCUT2D eigenvalue weighted by Crippen LogP contribution is -2.39. The van der Waals surface area contributed by atoms with E-state index in [0.29, 0.717) is 31.2 Å². The van der Waals surface area contributed by atoms with Crippen LogP contribution in [0, 0.1) is 5.82 Å². The first-order valence-corrected chi connectivity index (χ1v) is 9.05. The second kappa shape index (κ2) is 12.7. The third kappa shape index (κ3) is 7.73. The molecule has 154 valence electrons. The fourth-order valence-electron chi connectivity index (χ4n) is 2.84. The molecule has 2 rings (SSSR count). The fourth-order valence-corrected chi connectivity index (χ4v) is 2.84. The summed E-state index contributed by atoms with van der Waals surface area (Å²) in [4.78, 5) is 6.16. The predicted octanol–water partition coefficient (Wildman–Crippen LogP) is 2.95. The Hall–Kier alpha value is -1.71. The maximum absolute atomic E-state index is 13.9. The Balaban J connectivity index is 0.00000392. The van der Waals surface area contributed by atoms with Gasteiger partial charge in [0.1, 0.15) is 5.82 Å².